The van der Waals surface area contributed by atoms with Crippen molar-refractivity contribution >= 4 is 38.1 Å². The van der Waals surface area contributed by atoms with Crippen LogP contribution >= 0.6 is 31.9 Å². The highest BCUT2D eigenvalue weighted by atomic mass is 79.9. The summed E-state index contributed by atoms with van der Waals surface area (Å²) >= 11 is 6.73. The average Bonchev–Trinajstić information content (AvgIpc) is 3.29. The van der Waals surface area contributed by atoms with E-state index in [9.17, 15) is 10.2 Å². The van der Waals surface area contributed by atoms with E-state index in [1.165, 1.54) is 5.56 Å². The van der Waals surface area contributed by atoms with Gasteiger partial charge in [-0.15, -0.1) is 5.10 Å². The van der Waals surface area contributed by atoms with E-state index in [1.807, 2.05) is 41.4 Å². The molecule has 4 rings (SSSR count). The number of aromatic hydroxyl groups is 2. The van der Waals surface area contributed by atoms with Gasteiger partial charge in [-0.05, 0) is 99.4 Å². The van der Waals surface area contributed by atoms with Crippen LogP contribution in [0.4, 0.5) is 0 Å². The minimum Gasteiger partial charge on any atom is -0.507 e. The molecule has 2 aromatic carbocycles. The molecule has 0 fully saturated rings. The zero-order chi connectivity index (χ0) is 23.9. The Morgan fingerprint density at radius 2 is 1.53 bits per heavy atom. The van der Waals surface area contributed by atoms with E-state index in [4.69, 9.17) is 0 Å². The van der Waals surface area contributed by atoms with Crippen molar-refractivity contribution in [3.63, 3.8) is 0 Å². The summed E-state index contributed by atoms with van der Waals surface area (Å²) in [6, 6.07) is 11.2. The summed E-state index contributed by atoms with van der Waals surface area (Å²) in [4.78, 5) is 6.84. The van der Waals surface area contributed by atoms with Crippen molar-refractivity contribution in [2.24, 2.45) is 4.99 Å². The summed E-state index contributed by atoms with van der Waals surface area (Å²) in [6.07, 6.45) is 10.6. The lowest BCUT2D eigenvalue weighted by Crippen LogP contribution is -2.25. The van der Waals surface area contributed by atoms with Gasteiger partial charge in [0.15, 0.2) is 0 Å². The van der Waals surface area contributed by atoms with Crippen molar-refractivity contribution < 1.29 is 10.2 Å². The molecule has 178 valence electrons. The van der Waals surface area contributed by atoms with Gasteiger partial charge in [-0.25, -0.2) is 0 Å². The molecule has 34 heavy (non-hydrogen) atoms. The molecule has 0 unspecified atom stereocenters. The Hall–Kier alpha value is -2.65. The number of allylic oxidation sites excluding steroid dienone is 1. The highest BCUT2D eigenvalue weighted by molar-refractivity contribution is 9.10. The van der Waals surface area contributed by atoms with Crippen LogP contribution in [0.1, 0.15) is 29.7 Å². The number of aromatic nitrogens is 3. The van der Waals surface area contributed by atoms with Crippen LogP contribution in [0.15, 0.2) is 68.4 Å². The van der Waals surface area contributed by atoms with Gasteiger partial charge < -0.3 is 15.1 Å². The molecule has 1 aliphatic heterocycles. The molecule has 9 heteroatoms. The van der Waals surface area contributed by atoms with Gasteiger partial charge in [0, 0.05) is 31.7 Å². The standard InChI is InChI=1S/C25H27Br2N5O2/c26-22-14-18(4-6-24(22)33)8-11-31-13-10-28-20(16-31)2-1-3-21-17-32(30-29-21)12-9-19-5-7-25(34)23(27)15-19/h4-7,10,14-17,33-34H,1-3,8-9,11-13H2. The maximum absolute atomic E-state index is 9.65. The zero-order valence-electron chi connectivity index (χ0n) is 18.7. The summed E-state index contributed by atoms with van der Waals surface area (Å²) in [6.45, 7) is 2.46. The first kappa shape index (κ1) is 24.5. The van der Waals surface area contributed by atoms with Crippen LogP contribution in [0.2, 0.25) is 0 Å². The molecule has 2 N–H and O–H groups in total. The summed E-state index contributed by atoms with van der Waals surface area (Å²) in [5.74, 6) is 0.513. The van der Waals surface area contributed by atoms with Crippen LogP contribution in [-0.4, -0.2) is 49.4 Å². The molecular formula is C25H27Br2N5O2. The molecule has 0 radical (unpaired) electrons. The number of rotatable bonds is 10. The maximum atomic E-state index is 9.65. The van der Waals surface area contributed by atoms with Crippen molar-refractivity contribution in [1.29, 1.82) is 0 Å². The molecule has 1 aromatic heterocycles. The first-order chi connectivity index (χ1) is 16.5. The average molecular weight is 589 g/mol. The molecule has 0 saturated carbocycles. The van der Waals surface area contributed by atoms with E-state index in [1.54, 1.807) is 12.1 Å². The molecule has 0 aliphatic carbocycles. The smallest absolute Gasteiger partial charge is 0.129 e. The van der Waals surface area contributed by atoms with E-state index < -0.39 is 0 Å². The number of phenols is 2. The Balaban J connectivity index is 1.21. The number of halogens is 2. The Labute approximate surface area is 216 Å². The van der Waals surface area contributed by atoms with Crippen LogP contribution in [0.3, 0.4) is 0 Å². The Bertz CT molecular complexity index is 1190. The zero-order valence-corrected chi connectivity index (χ0v) is 21.9. The van der Waals surface area contributed by atoms with Crippen molar-refractivity contribution in [3.8, 4) is 11.5 Å². The predicted octanol–water partition coefficient (Wildman–Crippen LogP) is 5.25. The van der Waals surface area contributed by atoms with Crippen LogP contribution in [0.25, 0.3) is 0 Å². The quantitative estimate of drug-likeness (QED) is 0.338. The first-order valence-electron chi connectivity index (χ1n) is 11.3. The van der Waals surface area contributed by atoms with E-state index in [-0.39, 0.29) is 11.5 Å². The number of benzene rings is 2. The summed E-state index contributed by atoms with van der Waals surface area (Å²) in [7, 11) is 0. The Morgan fingerprint density at radius 1 is 0.853 bits per heavy atom. The Kier molecular flexibility index (Phi) is 8.39. The number of hydrogen-bond acceptors (Lipinski definition) is 6. The second-order valence-electron chi connectivity index (χ2n) is 8.33. The maximum Gasteiger partial charge on any atom is 0.129 e. The fourth-order valence-corrected chi connectivity index (χ4v) is 4.64. The number of phenolic OH excluding ortho intramolecular Hbond substituents is 2. The third-order valence-electron chi connectivity index (χ3n) is 5.70. The van der Waals surface area contributed by atoms with Gasteiger partial charge in [0.2, 0.25) is 0 Å². The van der Waals surface area contributed by atoms with Gasteiger partial charge in [0.25, 0.3) is 0 Å². The van der Waals surface area contributed by atoms with Gasteiger partial charge in [-0.3, -0.25) is 9.67 Å². The molecule has 0 spiro atoms. The minimum atomic E-state index is 0.248. The van der Waals surface area contributed by atoms with Crippen LogP contribution in [0, 0.1) is 0 Å². The number of nitrogens with zero attached hydrogens (tertiary/aromatic N) is 5. The van der Waals surface area contributed by atoms with Gasteiger partial charge in [0.1, 0.15) is 11.5 Å². The molecule has 3 aromatic rings. The molecular weight excluding hydrogens is 562 g/mol. The van der Waals surface area contributed by atoms with Crippen molar-refractivity contribution in [3.05, 3.63) is 80.3 Å². The monoisotopic (exact) mass is 587 g/mol. The second kappa shape index (κ2) is 11.7. The van der Waals surface area contributed by atoms with Crippen molar-refractivity contribution in [2.45, 2.75) is 38.6 Å². The topological polar surface area (TPSA) is 86.8 Å². The van der Waals surface area contributed by atoms with Crippen molar-refractivity contribution in [1.82, 2.24) is 19.9 Å². The SMILES string of the molecule is Oc1ccc(CCN2C=C(CCCc3cn(CCc4ccc(O)c(Br)c4)nn3)N=CC2)cc1Br. The molecule has 2 heterocycles. The van der Waals surface area contributed by atoms with Gasteiger partial charge in [-0.2, -0.15) is 0 Å². The van der Waals surface area contributed by atoms with E-state index in [0.29, 0.717) is 4.47 Å². The molecule has 0 amide bonds. The highest BCUT2D eigenvalue weighted by Crippen LogP contribution is 2.25. The molecule has 7 nitrogen and oxygen atoms in total. The van der Waals surface area contributed by atoms with Crippen LogP contribution in [-0.2, 0) is 25.8 Å². The molecule has 0 saturated heterocycles. The lowest BCUT2D eigenvalue weighted by atomic mass is 10.1. The summed E-state index contributed by atoms with van der Waals surface area (Å²) < 4.78 is 3.31. The fraction of sp³-hybridized carbons (Fsp3) is 0.320. The summed E-state index contributed by atoms with van der Waals surface area (Å²) in [5.41, 5.74) is 4.39. The largest absolute Gasteiger partial charge is 0.507 e. The number of hydrogen-bond donors (Lipinski definition) is 2. The second-order valence-corrected chi connectivity index (χ2v) is 10.0. The fourth-order valence-electron chi connectivity index (χ4n) is 3.79. The molecule has 0 atom stereocenters. The van der Waals surface area contributed by atoms with Gasteiger partial charge >= 0.3 is 0 Å². The van der Waals surface area contributed by atoms with Crippen molar-refractivity contribution in [2.75, 3.05) is 13.1 Å². The minimum absolute atomic E-state index is 0.248. The predicted molar refractivity (Wildman–Crippen MR) is 140 cm³/mol. The van der Waals surface area contributed by atoms with Gasteiger partial charge in [0.05, 0.1) is 26.9 Å². The normalized spacial score (nSPS) is 13.4. The lowest BCUT2D eigenvalue weighted by molar-refractivity contribution is 0.422. The third kappa shape index (κ3) is 6.93. The highest BCUT2D eigenvalue weighted by Gasteiger charge is 2.09. The molecule has 1 aliphatic rings. The van der Waals surface area contributed by atoms with Gasteiger partial charge in [-0.1, -0.05) is 17.3 Å². The van der Waals surface area contributed by atoms with E-state index in [2.05, 4.69) is 58.3 Å². The summed E-state index contributed by atoms with van der Waals surface area (Å²) in [5, 5.41) is 27.8. The molecule has 0 bridgehead atoms. The number of aryl methyl sites for hydroxylation is 3. The lowest BCUT2D eigenvalue weighted by Gasteiger charge is -2.22. The van der Waals surface area contributed by atoms with Crippen LogP contribution in [0.5, 0.6) is 11.5 Å². The third-order valence-corrected chi connectivity index (χ3v) is 6.97. The number of aliphatic imine (C=N–C) groups is 1. The van der Waals surface area contributed by atoms with E-state index >= 15 is 0 Å². The van der Waals surface area contributed by atoms with E-state index in [0.717, 1.165) is 73.2 Å². The Morgan fingerprint density at radius 3 is 2.21 bits per heavy atom. The first-order valence-corrected chi connectivity index (χ1v) is 12.9. The van der Waals surface area contributed by atoms with Crippen LogP contribution < -0.4 is 0 Å².